The molecule has 1 atom stereocenters. The van der Waals surface area contributed by atoms with Crippen molar-refractivity contribution in [1.82, 2.24) is 0 Å². The number of nitrogens with zero attached hydrogens (tertiary/aromatic N) is 2. The second-order valence-corrected chi connectivity index (χ2v) is 5.59. The Balaban J connectivity index is 1.99. The van der Waals surface area contributed by atoms with E-state index in [4.69, 9.17) is 0 Å². The van der Waals surface area contributed by atoms with Crippen LogP contribution in [0, 0.1) is 10.1 Å². The summed E-state index contributed by atoms with van der Waals surface area (Å²) in [5.74, 6) is 0. The molecule has 1 aromatic heterocycles. The highest BCUT2D eigenvalue weighted by atomic mass is 32.1. The molecule has 4 nitrogen and oxygen atoms in total. The third kappa shape index (κ3) is 2.21. The molecule has 0 radical (unpaired) electrons. The maximum absolute atomic E-state index is 11.2. The Morgan fingerprint density at radius 3 is 2.84 bits per heavy atom. The summed E-state index contributed by atoms with van der Waals surface area (Å²) in [5, 5.41) is 13.2. The second-order valence-electron chi connectivity index (χ2n) is 4.61. The van der Waals surface area contributed by atoms with Crippen LogP contribution in [0.25, 0.3) is 0 Å². The molecule has 1 aliphatic rings. The van der Waals surface area contributed by atoms with Gasteiger partial charge in [0.15, 0.2) is 0 Å². The summed E-state index contributed by atoms with van der Waals surface area (Å²) < 4.78 is 0. The van der Waals surface area contributed by atoms with Gasteiger partial charge in [0.2, 0.25) is 0 Å². The number of hydrogen-bond acceptors (Lipinski definition) is 4. The summed E-state index contributed by atoms with van der Waals surface area (Å²) in [6, 6.07) is 11.5. The smallest absolute Gasteiger partial charge is 0.292 e. The van der Waals surface area contributed by atoms with E-state index in [0.29, 0.717) is 0 Å². The third-order valence-corrected chi connectivity index (χ3v) is 4.49. The zero-order chi connectivity index (χ0) is 13.2. The molecule has 1 unspecified atom stereocenters. The van der Waals surface area contributed by atoms with Crippen molar-refractivity contribution in [3.8, 4) is 0 Å². The highest BCUT2D eigenvalue weighted by molar-refractivity contribution is 7.10. The average Bonchev–Trinajstić information content (AvgIpc) is 3.09. The molecule has 1 aromatic carbocycles. The minimum absolute atomic E-state index is 0.200. The first-order chi connectivity index (χ1) is 9.27. The number of rotatable bonds is 3. The van der Waals surface area contributed by atoms with Crippen LogP contribution < -0.4 is 4.90 Å². The summed E-state index contributed by atoms with van der Waals surface area (Å²) in [4.78, 5) is 14.3. The fourth-order valence-electron chi connectivity index (χ4n) is 2.69. The van der Waals surface area contributed by atoms with Crippen LogP contribution in [-0.4, -0.2) is 11.5 Å². The molecular weight excluding hydrogens is 260 g/mol. The largest absolute Gasteiger partial charge is 0.358 e. The van der Waals surface area contributed by atoms with Crippen molar-refractivity contribution in [2.24, 2.45) is 0 Å². The molecule has 0 N–H and O–H groups in total. The van der Waals surface area contributed by atoms with E-state index in [9.17, 15) is 10.1 Å². The van der Waals surface area contributed by atoms with Gasteiger partial charge in [0.05, 0.1) is 11.0 Å². The number of hydrogen-bond donors (Lipinski definition) is 0. The molecule has 1 saturated heterocycles. The van der Waals surface area contributed by atoms with Crippen LogP contribution in [0.4, 0.5) is 11.4 Å². The van der Waals surface area contributed by atoms with Crippen molar-refractivity contribution < 1.29 is 4.92 Å². The van der Waals surface area contributed by atoms with Gasteiger partial charge in [-0.1, -0.05) is 18.2 Å². The lowest BCUT2D eigenvalue weighted by molar-refractivity contribution is -0.384. The van der Waals surface area contributed by atoms with E-state index in [0.717, 1.165) is 25.1 Å². The zero-order valence-electron chi connectivity index (χ0n) is 10.4. The van der Waals surface area contributed by atoms with Crippen LogP contribution in [0.2, 0.25) is 0 Å². The first kappa shape index (κ1) is 12.2. The lowest BCUT2D eigenvalue weighted by atomic mass is 10.1. The van der Waals surface area contributed by atoms with Crippen LogP contribution in [0.15, 0.2) is 41.8 Å². The van der Waals surface area contributed by atoms with Gasteiger partial charge in [-0.25, -0.2) is 0 Å². The lowest BCUT2D eigenvalue weighted by Gasteiger charge is -2.25. The predicted octanol–water partition coefficient (Wildman–Crippen LogP) is 4.00. The standard InChI is InChI=1S/C14H14N2O2S/c17-16(18)12-6-2-1-5-11(12)15-9-3-7-13(15)14-8-4-10-19-14/h1-2,4-6,8,10,13H,3,7,9H2. The van der Waals surface area contributed by atoms with E-state index in [-0.39, 0.29) is 16.7 Å². The number of thiophene rings is 1. The molecule has 0 bridgehead atoms. The van der Waals surface area contributed by atoms with Crippen molar-refractivity contribution in [1.29, 1.82) is 0 Å². The molecule has 5 heteroatoms. The highest BCUT2D eigenvalue weighted by Crippen LogP contribution is 2.41. The molecule has 0 spiro atoms. The monoisotopic (exact) mass is 274 g/mol. The van der Waals surface area contributed by atoms with Gasteiger partial charge in [0, 0.05) is 17.5 Å². The van der Waals surface area contributed by atoms with E-state index in [1.54, 1.807) is 23.5 Å². The van der Waals surface area contributed by atoms with Gasteiger partial charge >= 0.3 is 0 Å². The van der Waals surface area contributed by atoms with Crippen LogP contribution >= 0.6 is 11.3 Å². The number of anilines is 1. The number of nitro groups is 1. The Hall–Kier alpha value is -1.88. The second kappa shape index (κ2) is 5.01. The summed E-state index contributed by atoms with van der Waals surface area (Å²) in [7, 11) is 0. The summed E-state index contributed by atoms with van der Waals surface area (Å²) in [6.45, 7) is 0.882. The summed E-state index contributed by atoms with van der Waals surface area (Å²) in [5.41, 5.74) is 0.939. The first-order valence-electron chi connectivity index (χ1n) is 6.31. The van der Waals surface area contributed by atoms with Crippen molar-refractivity contribution in [2.45, 2.75) is 18.9 Å². The van der Waals surface area contributed by atoms with Crippen LogP contribution in [0.1, 0.15) is 23.8 Å². The van der Waals surface area contributed by atoms with Gasteiger partial charge in [0.25, 0.3) is 5.69 Å². The molecule has 0 amide bonds. The molecule has 98 valence electrons. The molecule has 0 saturated carbocycles. The summed E-state index contributed by atoms with van der Waals surface area (Å²) >= 11 is 1.72. The lowest BCUT2D eigenvalue weighted by Crippen LogP contribution is -2.22. The van der Waals surface area contributed by atoms with Crippen molar-refractivity contribution in [3.63, 3.8) is 0 Å². The topological polar surface area (TPSA) is 46.4 Å². The highest BCUT2D eigenvalue weighted by Gasteiger charge is 2.30. The normalized spacial score (nSPS) is 18.7. The quantitative estimate of drug-likeness (QED) is 0.628. The number of nitro benzene ring substituents is 1. The fourth-order valence-corrected chi connectivity index (χ4v) is 3.57. The maximum Gasteiger partial charge on any atom is 0.292 e. The molecule has 0 aliphatic carbocycles. The van der Waals surface area contributed by atoms with Gasteiger partial charge in [0.1, 0.15) is 5.69 Å². The Morgan fingerprint density at radius 2 is 2.11 bits per heavy atom. The molecule has 2 aromatic rings. The molecule has 19 heavy (non-hydrogen) atoms. The Kier molecular flexibility index (Phi) is 3.21. The third-order valence-electron chi connectivity index (χ3n) is 3.51. The Bertz CT molecular complexity index is 583. The fraction of sp³-hybridized carbons (Fsp3) is 0.286. The van der Waals surface area contributed by atoms with Gasteiger partial charge in [-0.15, -0.1) is 11.3 Å². The van der Waals surface area contributed by atoms with Gasteiger partial charge < -0.3 is 4.90 Å². The predicted molar refractivity (Wildman–Crippen MR) is 76.7 cm³/mol. The maximum atomic E-state index is 11.2. The summed E-state index contributed by atoms with van der Waals surface area (Å²) in [6.07, 6.45) is 2.14. The van der Waals surface area contributed by atoms with Gasteiger partial charge in [-0.05, 0) is 30.4 Å². The molecule has 3 rings (SSSR count). The van der Waals surface area contributed by atoms with E-state index in [2.05, 4.69) is 16.3 Å². The van der Waals surface area contributed by atoms with Crippen LogP contribution in [0.5, 0.6) is 0 Å². The number of para-hydroxylation sites is 2. The van der Waals surface area contributed by atoms with Crippen molar-refractivity contribution in [3.05, 3.63) is 56.8 Å². The Morgan fingerprint density at radius 1 is 1.26 bits per heavy atom. The molecule has 1 fully saturated rings. The van der Waals surface area contributed by atoms with E-state index in [1.165, 1.54) is 4.88 Å². The SMILES string of the molecule is O=[N+]([O-])c1ccccc1N1CCCC1c1cccs1. The Labute approximate surface area is 115 Å². The van der Waals surface area contributed by atoms with Crippen molar-refractivity contribution >= 4 is 22.7 Å². The minimum atomic E-state index is -0.293. The molecule has 1 aliphatic heterocycles. The van der Waals surface area contributed by atoms with Crippen LogP contribution in [0.3, 0.4) is 0 Å². The zero-order valence-corrected chi connectivity index (χ0v) is 11.2. The van der Waals surface area contributed by atoms with Crippen molar-refractivity contribution in [2.75, 3.05) is 11.4 Å². The first-order valence-corrected chi connectivity index (χ1v) is 7.19. The van der Waals surface area contributed by atoms with E-state index < -0.39 is 0 Å². The van der Waals surface area contributed by atoms with Gasteiger partial charge in [-0.3, -0.25) is 10.1 Å². The minimum Gasteiger partial charge on any atom is -0.358 e. The van der Waals surface area contributed by atoms with E-state index in [1.807, 2.05) is 18.2 Å². The van der Waals surface area contributed by atoms with Crippen LogP contribution in [-0.2, 0) is 0 Å². The number of benzene rings is 1. The average molecular weight is 274 g/mol. The van der Waals surface area contributed by atoms with E-state index >= 15 is 0 Å². The molecule has 2 heterocycles. The molecular formula is C14H14N2O2S. The van der Waals surface area contributed by atoms with Gasteiger partial charge in [-0.2, -0.15) is 0 Å².